The first-order valence-corrected chi connectivity index (χ1v) is 9.27. The van der Waals surface area contributed by atoms with Gasteiger partial charge in [-0.05, 0) is 23.6 Å². The molecule has 0 radical (unpaired) electrons. The number of hydrogen-bond donors (Lipinski definition) is 0. The summed E-state index contributed by atoms with van der Waals surface area (Å²) < 4.78 is 6.75. The number of hydrogen-bond acceptors (Lipinski definition) is 2. The molecule has 1 saturated heterocycles. The molecule has 6 rings (SSSR count). The third kappa shape index (κ3) is 1.40. The highest BCUT2D eigenvalue weighted by molar-refractivity contribution is 8.09. The van der Waals surface area contributed by atoms with E-state index >= 15 is 0 Å². The van der Waals surface area contributed by atoms with Crippen LogP contribution in [0.1, 0.15) is 28.2 Å². The van der Waals surface area contributed by atoms with Gasteiger partial charge >= 0.3 is 0 Å². The zero-order chi connectivity index (χ0) is 15.8. The summed E-state index contributed by atoms with van der Waals surface area (Å²) in [6.07, 6.45) is 1.09. The number of rotatable bonds is 1. The van der Waals surface area contributed by atoms with Crippen LogP contribution in [0.3, 0.4) is 0 Å². The Morgan fingerprint density at radius 1 is 0.833 bits per heavy atom. The normalized spacial score (nSPS) is 31.2. The van der Waals surface area contributed by atoms with Crippen molar-refractivity contribution >= 4 is 11.8 Å². The van der Waals surface area contributed by atoms with Crippen molar-refractivity contribution in [2.75, 3.05) is 0 Å². The molecule has 0 aromatic heterocycles. The molecular weight excluding hydrogens is 312 g/mol. The largest absolute Gasteiger partial charge is 0.470 e. The lowest BCUT2D eigenvalue weighted by atomic mass is 9.76. The molecule has 2 heterocycles. The van der Waals surface area contributed by atoms with Gasteiger partial charge < -0.3 is 4.74 Å². The topological polar surface area (TPSA) is 9.23 Å². The van der Waals surface area contributed by atoms with Gasteiger partial charge in [-0.15, -0.1) is 0 Å². The minimum atomic E-state index is -0.196. The SMILES string of the molecule is c1ccc(C2c3ccccc3OC34SC23Cc2ccccc24)cc1. The average molecular weight is 328 g/mol. The van der Waals surface area contributed by atoms with Gasteiger partial charge in [0.1, 0.15) is 5.75 Å². The Balaban J connectivity index is 1.63. The molecule has 2 heteroatoms. The number of ether oxygens (including phenoxy) is 1. The van der Waals surface area contributed by atoms with Crippen LogP contribution >= 0.6 is 11.8 Å². The second-order valence-corrected chi connectivity index (χ2v) is 8.43. The van der Waals surface area contributed by atoms with E-state index in [2.05, 4.69) is 78.9 Å². The van der Waals surface area contributed by atoms with Gasteiger partial charge in [-0.3, -0.25) is 0 Å². The summed E-state index contributed by atoms with van der Waals surface area (Å²) in [5.41, 5.74) is 5.56. The molecule has 1 aliphatic carbocycles. The van der Waals surface area contributed by atoms with E-state index in [1.807, 2.05) is 11.8 Å². The van der Waals surface area contributed by atoms with Gasteiger partial charge in [0.2, 0.25) is 0 Å². The molecule has 3 atom stereocenters. The quantitative estimate of drug-likeness (QED) is 0.574. The van der Waals surface area contributed by atoms with Gasteiger partial charge in [0.25, 0.3) is 0 Å². The van der Waals surface area contributed by atoms with Crippen LogP contribution in [0, 0.1) is 0 Å². The Kier molecular flexibility index (Phi) is 2.33. The number of thioether (sulfide) groups is 1. The Labute approximate surface area is 145 Å². The molecular formula is C22H16OS. The van der Waals surface area contributed by atoms with Crippen LogP contribution in [0.25, 0.3) is 0 Å². The second-order valence-electron chi connectivity index (χ2n) is 6.93. The van der Waals surface area contributed by atoms with E-state index in [0.717, 1.165) is 12.2 Å². The highest BCUT2D eigenvalue weighted by Crippen LogP contribution is 2.82. The summed E-state index contributed by atoms with van der Waals surface area (Å²) in [6, 6.07) is 28.4. The van der Waals surface area contributed by atoms with Gasteiger partial charge in [0, 0.05) is 17.0 Å². The summed E-state index contributed by atoms with van der Waals surface area (Å²) in [5, 5.41) is 0. The molecule has 116 valence electrons. The van der Waals surface area contributed by atoms with E-state index in [4.69, 9.17) is 4.74 Å². The van der Waals surface area contributed by atoms with Crippen LogP contribution < -0.4 is 4.74 Å². The summed E-state index contributed by atoms with van der Waals surface area (Å²) in [4.78, 5) is -0.196. The number of para-hydroxylation sites is 1. The fraction of sp³-hybridized carbons (Fsp3) is 0.182. The van der Waals surface area contributed by atoms with Crippen LogP contribution in [0.2, 0.25) is 0 Å². The molecule has 1 nitrogen and oxygen atoms in total. The van der Waals surface area contributed by atoms with Crippen LogP contribution in [-0.2, 0) is 11.4 Å². The lowest BCUT2D eigenvalue weighted by Gasteiger charge is -2.34. The van der Waals surface area contributed by atoms with E-state index in [9.17, 15) is 0 Å². The zero-order valence-corrected chi connectivity index (χ0v) is 13.9. The van der Waals surface area contributed by atoms with Crippen LogP contribution in [0.4, 0.5) is 0 Å². The smallest absolute Gasteiger partial charge is 0.197 e. The maximum absolute atomic E-state index is 6.65. The van der Waals surface area contributed by atoms with Gasteiger partial charge in [-0.1, -0.05) is 84.6 Å². The van der Waals surface area contributed by atoms with Crippen LogP contribution in [-0.4, -0.2) is 4.75 Å². The van der Waals surface area contributed by atoms with E-state index in [1.165, 1.54) is 22.3 Å². The maximum Gasteiger partial charge on any atom is 0.197 e. The second kappa shape index (κ2) is 4.25. The molecule has 0 saturated carbocycles. The highest BCUT2D eigenvalue weighted by Gasteiger charge is 2.81. The summed E-state index contributed by atoms with van der Waals surface area (Å²) in [6.45, 7) is 0. The van der Waals surface area contributed by atoms with Gasteiger partial charge in [0.15, 0.2) is 4.93 Å². The molecule has 24 heavy (non-hydrogen) atoms. The van der Waals surface area contributed by atoms with Crippen molar-refractivity contribution in [1.82, 2.24) is 0 Å². The Bertz CT molecular complexity index is 966. The van der Waals surface area contributed by atoms with Gasteiger partial charge in [0.05, 0.1) is 4.75 Å². The third-order valence-electron chi connectivity index (χ3n) is 5.75. The number of benzene rings is 3. The van der Waals surface area contributed by atoms with E-state index in [0.29, 0.717) is 5.92 Å². The molecule has 3 aliphatic rings. The molecule has 3 aromatic rings. The van der Waals surface area contributed by atoms with Gasteiger partial charge in [-0.25, -0.2) is 0 Å². The van der Waals surface area contributed by atoms with Crippen molar-refractivity contribution in [3.63, 3.8) is 0 Å². The van der Waals surface area contributed by atoms with Crippen LogP contribution in [0.15, 0.2) is 78.9 Å². The summed E-state index contributed by atoms with van der Waals surface area (Å²) in [7, 11) is 0. The highest BCUT2D eigenvalue weighted by atomic mass is 32.2. The van der Waals surface area contributed by atoms with E-state index in [-0.39, 0.29) is 9.68 Å². The van der Waals surface area contributed by atoms with Crippen molar-refractivity contribution in [1.29, 1.82) is 0 Å². The lowest BCUT2D eigenvalue weighted by Crippen LogP contribution is -2.36. The molecule has 0 spiro atoms. The standard InChI is InChI=1S/C22H16OS/c1-2-8-15(9-3-1)20-17-11-5-7-13-19(17)23-22-18-12-6-4-10-16(18)14-21(20,22)24-22/h1-13,20H,14H2. The van der Waals surface area contributed by atoms with Crippen molar-refractivity contribution < 1.29 is 4.74 Å². The third-order valence-corrected chi connectivity index (χ3v) is 7.53. The first kappa shape index (κ1) is 13.1. The van der Waals surface area contributed by atoms with Gasteiger partial charge in [-0.2, -0.15) is 0 Å². The molecule has 0 N–H and O–H groups in total. The van der Waals surface area contributed by atoms with E-state index in [1.54, 1.807) is 0 Å². The lowest BCUT2D eigenvalue weighted by molar-refractivity contribution is 0.148. The minimum Gasteiger partial charge on any atom is -0.470 e. The predicted molar refractivity (Wildman–Crippen MR) is 97.5 cm³/mol. The Morgan fingerprint density at radius 2 is 1.58 bits per heavy atom. The zero-order valence-electron chi connectivity index (χ0n) is 13.1. The van der Waals surface area contributed by atoms with Crippen LogP contribution in [0.5, 0.6) is 5.75 Å². The van der Waals surface area contributed by atoms with Crippen molar-refractivity contribution in [3.05, 3.63) is 101 Å². The molecule has 2 aliphatic heterocycles. The van der Waals surface area contributed by atoms with Crippen molar-refractivity contribution in [2.24, 2.45) is 0 Å². The molecule has 1 fully saturated rings. The fourth-order valence-corrected chi connectivity index (χ4v) is 6.62. The fourth-order valence-electron chi connectivity index (χ4n) is 4.77. The first-order valence-electron chi connectivity index (χ1n) is 8.46. The monoisotopic (exact) mass is 328 g/mol. The Hall–Kier alpha value is -2.19. The maximum atomic E-state index is 6.65. The Morgan fingerprint density at radius 3 is 2.50 bits per heavy atom. The summed E-state index contributed by atoms with van der Waals surface area (Å²) in [5.74, 6) is 1.42. The van der Waals surface area contributed by atoms with Crippen molar-refractivity contribution in [3.8, 4) is 5.75 Å². The minimum absolute atomic E-state index is 0.104. The average Bonchev–Trinajstić information content (AvgIpc) is 3.20. The molecule has 3 aromatic carbocycles. The van der Waals surface area contributed by atoms with E-state index < -0.39 is 0 Å². The molecule has 0 amide bonds. The predicted octanol–water partition coefficient (Wildman–Crippen LogP) is 5.11. The summed E-state index contributed by atoms with van der Waals surface area (Å²) >= 11 is 2.02. The molecule has 0 bridgehead atoms. The van der Waals surface area contributed by atoms with Crippen molar-refractivity contribution in [2.45, 2.75) is 22.0 Å². The first-order chi connectivity index (χ1) is 11.8. The number of fused-ring (bicyclic) bond motifs is 2. The molecule has 3 unspecified atom stereocenters.